The molecule has 3 nitrogen and oxygen atoms in total. The Balaban J connectivity index is 2.20. The van der Waals surface area contributed by atoms with Crippen molar-refractivity contribution >= 4 is 0 Å². The van der Waals surface area contributed by atoms with E-state index in [0.29, 0.717) is 12.6 Å². The molecule has 1 saturated carbocycles. The molecule has 2 N–H and O–H groups in total. The summed E-state index contributed by atoms with van der Waals surface area (Å²) >= 11 is 0. The Bertz CT molecular complexity index is 162. The Morgan fingerprint density at radius 2 is 1.82 bits per heavy atom. The lowest BCUT2D eigenvalue weighted by Gasteiger charge is -2.23. The van der Waals surface area contributed by atoms with Crippen LogP contribution in [0.25, 0.3) is 0 Å². The highest BCUT2D eigenvalue weighted by molar-refractivity contribution is 4.71. The van der Waals surface area contributed by atoms with Gasteiger partial charge in [0.2, 0.25) is 0 Å². The average molecular weight is 243 g/mol. The standard InChI is InChI=1S/C14H29NO2/c1-17-12-14(9-10-16)15-11-13-7-5-3-2-4-6-8-13/h13-16H,2-12H2,1H3. The molecule has 1 fully saturated rings. The molecule has 102 valence electrons. The first kappa shape index (κ1) is 14.9. The number of ether oxygens (including phenoxy) is 1. The smallest absolute Gasteiger partial charge is 0.0616 e. The summed E-state index contributed by atoms with van der Waals surface area (Å²) in [6.45, 7) is 2.03. The Hall–Kier alpha value is -0.120. The van der Waals surface area contributed by atoms with E-state index in [1.165, 1.54) is 44.9 Å². The Kier molecular flexibility index (Phi) is 8.67. The molecule has 0 radical (unpaired) electrons. The topological polar surface area (TPSA) is 41.5 Å². The molecule has 1 aliphatic carbocycles. The maximum absolute atomic E-state index is 8.99. The van der Waals surface area contributed by atoms with Crippen LogP contribution in [-0.4, -0.2) is 38.0 Å². The minimum absolute atomic E-state index is 0.242. The van der Waals surface area contributed by atoms with Crippen LogP contribution >= 0.6 is 0 Å². The lowest BCUT2D eigenvalue weighted by atomic mass is 9.91. The molecule has 0 aliphatic heterocycles. The van der Waals surface area contributed by atoms with Crippen molar-refractivity contribution < 1.29 is 9.84 Å². The predicted octanol–water partition coefficient (Wildman–Crippen LogP) is 2.33. The van der Waals surface area contributed by atoms with E-state index in [1.54, 1.807) is 7.11 Å². The summed E-state index contributed by atoms with van der Waals surface area (Å²) < 4.78 is 5.17. The third-order valence-electron chi connectivity index (χ3n) is 3.77. The van der Waals surface area contributed by atoms with Crippen LogP contribution in [0.1, 0.15) is 51.4 Å². The van der Waals surface area contributed by atoms with Gasteiger partial charge in [-0.05, 0) is 31.7 Å². The Morgan fingerprint density at radius 1 is 1.18 bits per heavy atom. The first-order valence-electron chi connectivity index (χ1n) is 7.20. The van der Waals surface area contributed by atoms with E-state index in [2.05, 4.69) is 5.32 Å². The second-order valence-electron chi connectivity index (χ2n) is 5.28. The highest BCUT2D eigenvalue weighted by Gasteiger charge is 2.14. The van der Waals surface area contributed by atoms with Gasteiger partial charge in [-0.15, -0.1) is 0 Å². The summed E-state index contributed by atoms with van der Waals surface area (Å²) in [6, 6.07) is 0.315. The van der Waals surface area contributed by atoms with Crippen molar-refractivity contribution in [1.29, 1.82) is 0 Å². The minimum atomic E-state index is 0.242. The van der Waals surface area contributed by atoms with Crippen LogP contribution in [0.3, 0.4) is 0 Å². The molecule has 1 rings (SSSR count). The highest BCUT2D eigenvalue weighted by atomic mass is 16.5. The van der Waals surface area contributed by atoms with Crippen LogP contribution in [-0.2, 0) is 4.74 Å². The van der Waals surface area contributed by atoms with E-state index in [1.807, 2.05) is 0 Å². The number of aliphatic hydroxyl groups is 1. The monoisotopic (exact) mass is 243 g/mol. The third-order valence-corrected chi connectivity index (χ3v) is 3.77. The maximum Gasteiger partial charge on any atom is 0.0616 e. The van der Waals surface area contributed by atoms with E-state index in [9.17, 15) is 0 Å². The molecular formula is C14H29NO2. The summed E-state index contributed by atoms with van der Waals surface area (Å²) in [4.78, 5) is 0. The third kappa shape index (κ3) is 7.02. The minimum Gasteiger partial charge on any atom is -0.396 e. The fraction of sp³-hybridized carbons (Fsp3) is 1.00. The van der Waals surface area contributed by atoms with Gasteiger partial charge in [0.05, 0.1) is 6.61 Å². The van der Waals surface area contributed by atoms with Gasteiger partial charge in [0.15, 0.2) is 0 Å². The van der Waals surface area contributed by atoms with E-state index in [-0.39, 0.29) is 6.61 Å². The van der Waals surface area contributed by atoms with Gasteiger partial charge in [0, 0.05) is 19.8 Å². The highest BCUT2D eigenvalue weighted by Crippen LogP contribution is 2.21. The molecule has 0 saturated heterocycles. The molecule has 1 aliphatic rings. The number of aliphatic hydroxyl groups excluding tert-OH is 1. The van der Waals surface area contributed by atoms with Gasteiger partial charge < -0.3 is 15.2 Å². The first-order valence-corrected chi connectivity index (χ1v) is 7.20. The molecule has 0 amide bonds. The quantitative estimate of drug-likeness (QED) is 0.721. The molecule has 3 heteroatoms. The van der Waals surface area contributed by atoms with Crippen LogP contribution in [0, 0.1) is 5.92 Å². The summed E-state index contributed by atoms with van der Waals surface area (Å²) in [7, 11) is 1.72. The Labute approximate surface area is 106 Å². The van der Waals surface area contributed by atoms with Crippen molar-refractivity contribution in [2.45, 2.75) is 57.4 Å². The summed E-state index contributed by atoms with van der Waals surface area (Å²) in [6.07, 6.45) is 10.6. The second-order valence-corrected chi connectivity index (χ2v) is 5.28. The molecular weight excluding hydrogens is 214 g/mol. The van der Waals surface area contributed by atoms with Gasteiger partial charge in [-0.1, -0.05) is 32.1 Å². The summed E-state index contributed by atoms with van der Waals surface area (Å²) in [5, 5.41) is 12.5. The average Bonchev–Trinajstić information content (AvgIpc) is 2.28. The largest absolute Gasteiger partial charge is 0.396 e. The van der Waals surface area contributed by atoms with Crippen molar-refractivity contribution in [3.8, 4) is 0 Å². The number of hydrogen-bond acceptors (Lipinski definition) is 3. The van der Waals surface area contributed by atoms with Gasteiger partial charge in [-0.2, -0.15) is 0 Å². The van der Waals surface area contributed by atoms with E-state index in [4.69, 9.17) is 9.84 Å². The van der Waals surface area contributed by atoms with E-state index < -0.39 is 0 Å². The van der Waals surface area contributed by atoms with Crippen molar-refractivity contribution in [1.82, 2.24) is 5.32 Å². The van der Waals surface area contributed by atoms with Gasteiger partial charge >= 0.3 is 0 Å². The van der Waals surface area contributed by atoms with E-state index >= 15 is 0 Å². The molecule has 0 spiro atoms. The second kappa shape index (κ2) is 9.86. The first-order chi connectivity index (χ1) is 8.36. The lowest BCUT2D eigenvalue weighted by Crippen LogP contribution is -2.37. The lowest BCUT2D eigenvalue weighted by molar-refractivity contribution is 0.145. The van der Waals surface area contributed by atoms with Gasteiger partial charge in [0.1, 0.15) is 0 Å². The van der Waals surface area contributed by atoms with Crippen LogP contribution < -0.4 is 5.32 Å². The molecule has 1 atom stereocenters. The fourth-order valence-electron chi connectivity index (χ4n) is 2.68. The molecule has 1 unspecified atom stereocenters. The number of hydrogen-bond donors (Lipinski definition) is 2. The molecule has 0 aromatic heterocycles. The zero-order valence-electron chi connectivity index (χ0n) is 11.3. The molecule has 17 heavy (non-hydrogen) atoms. The fourth-order valence-corrected chi connectivity index (χ4v) is 2.68. The van der Waals surface area contributed by atoms with Crippen LogP contribution in [0.5, 0.6) is 0 Å². The number of nitrogens with one attached hydrogen (secondary N) is 1. The van der Waals surface area contributed by atoms with Crippen molar-refractivity contribution in [3.63, 3.8) is 0 Å². The Morgan fingerprint density at radius 3 is 2.41 bits per heavy atom. The molecule has 0 heterocycles. The zero-order valence-corrected chi connectivity index (χ0v) is 11.3. The molecule has 0 aromatic rings. The van der Waals surface area contributed by atoms with Crippen LogP contribution in [0.4, 0.5) is 0 Å². The zero-order chi connectivity index (χ0) is 12.3. The SMILES string of the molecule is COCC(CCO)NCC1CCCCCCC1. The number of methoxy groups -OCH3 is 1. The van der Waals surface area contributed by atoms with Gasteiger partial charge in [-0.3, -0.25) is 0 Å². The molecule has 0 bridgehead atoms. The van der Waals surface area contributed by atoms with Crippen LogP contribution in [0.2, 0.25) is 0 Å². The summed E-state index contributed by atoms with van der Waals surface area (Å²) in [5.41, 5.74) is 0. The number of rotatable bonds is 7. The van der Waals surface area contributed by atoms with Crippen LogP contribution in [0.15, 0.2) is 0 Å². The van der Waals surface area contributed by atoms with Crippen molar-refractivity contribution in [3.05, 3.63) is 0 Å². The van der Waals surface area contributed by atoms with Gasteiger partial charge in [-0.25, -0.2) is 0 Å². The predicted molar refractivity (Wildman–Crippen MR) is 71.2 cm³/mol. The van der Waals surface area contributed by atoms with E-state index in [0.717, 1.165) is 18.9 Å². The maximum atomic E-state index is 8.99. The molecule has 0 aromatic carbocycles. The van der Waals surface area contributed by atoms with Gasteiger partial charge in [0.25, 0.3) is 0 Å². The van der Waals surface area contributed by atoms with Crippen molar-refractivity contribution in [2.24, 2.45) is 5.92 Å². The normalized spacial score (nSPS) is 20.8. The summed E-state index contributed by atoms with van der Waals surface area (Å²) in [5.74, 6) is 0.827. The van der Waals surface area contributed by atoms with Crippen molar-refractivity contribution in [2.75, 3.05) is 26.9 Å².